The molecule has 4 rings (SSSR count). The van der Waals surface area contributed by atoms with Crippen molar-refractivity contribution < 1.29 is 17.9 Å². The third-order valence-electron chi connectivity index (χ3n) is 5.27. The van der Waals surface area contributed by atoms with Gasteiger partial charge in [-0.05, 0) is 67.3 Å². The first-order valence-corrected chi connectivity index (χ1v) is 11.6. The van der Waals surface area contributed by atoms with Gasteiger partial charge in [0.2, 0.25) is 0 Å². The molecule has 0 saturated heterocycles. The van der Waals surface area contributed by atoms with Gasteiger partial charge in [-0.3, -0.25) is 9.10 Å². The Labute approximate surface area is 182 Å². The molecule has 1 N–H and O–H groups in total. The lowest BCUT2D eigenvalue weighted by Crippen LogP contribution is -2.35. The van der Waals surface area contributed by atoms with Gasteiger partial charge in [0.1, 0.15) is 5.75 Å². The number of carbonyl (C=O) groups is 1. The highest BCUT2D eigenvalue weighted by molar-refractivity contribution is 7.92. The Kier molecular flexibility index (Phi) is 5.95. The van der Waals surface area contributed by atoms with E-state index < -0.39 is 10.0 Å². The summed E-state index contributed by atoms with van der Waals surface area (Å²) in [4.78, 5) is 12.3. The van der Waals surface area contributed by atoms with Crippen LogP contribution in [0, 0.1) is 6.92 Å². The van der Waals surface area contributed by atoms with E-state index in [1.54, 1.807) is 12.1 Å². The number of hydrogen-bond donors (Lipinski definition) is 1. The first-order chi connectivity index (χ1) is 14.9. The van der Waals surface area contributed by atoms with Crippen LogP contribution in [0.25, 0.3) is 0 Å². The molecule has 1 aliphatic rings. The third-order valence-corrected chi connectivity index (χ3v) is 7.10. The second kappa shape index (κ2) is 8.81. The number of nitrogens with one attached hydrogen (secondary N) is 1. The first-order valence-electron chi connectivity index (χ1n) is 10.1. The Morgan fingerprint density at radius 3 is 2.48 bits per heavy atom. The number of sulfonamides is 1. The summed E-state index contributed by atoms with van der Waals surface area (Å²) in [6, 6.07) is 21.3. The molecule has 0 radical (unpaired) electrons. The van der Waals surface area contributed by atoms with Crippen LogP contribution in [0.5, 0.6) is 5.75 Å². The van der Waals surface area contributed by atoms with E-state index in [0.717, 1.165) is 35.3 Å². The summed E-state index contributed by atoms with van der Waals surface area (Å²) < 4.78 is 33.4. The van der Waals surface area contributed by atoms with E-state index >= 15 is 0 Å². The SMILES string of the molecule is Cc1ccccc1NC(=O)COc1ccc(S(=O)(=O)N2CCCc3ccccc32)cc1. The lowest BCUT2D eigenvalue weighted by atomic mass is 10.0. The van der Waals surface area contributed by atoms with E-state index in [-0.39, 0.29) is 17.4 Å². The zero-order chi connectivity index (χ0) is 21.8. The van der Waals surface area contributed by atoms with Gasteiger partial charge in [0.25, 0.3) is 15.9 Å². The molecule has 1 aliphatic heterocycles. The second-order valence-electron chi connectivity index (χ2n) is 7.43. The minimum absolute atomic E-state index is 0.167. The summed E-state index contributed by atoms with van der Waals surface area (Å²) in [5, 5.41) is 2.80. The van der Waals surface area contributed by atoms with E-state index in [1.165, 1.54) is 16.4 Å². The number of hydrogen-bond acceptors (Lipinski definition) is 4. The second-order valence-corrected chi connectivity index (χ2v) is 9.29. The Balaban J connectivity index is 1.42. The van der Waals surface area contributed by atoms with Gasteiger partial charge in [0.15, 0.2) is 6.61 Å². The monoisotopic (exact) mass is 436 g/mol. The lowest BCUT2D eigenvalue weighted by molar-refractivity contribution is -0.118. The Morgan fingerprint density at radius 1 is 1.00 bits per heavy atom. The van der Waals surface area contributed by atoms with Crippen molar-refractivity contribution >= 4 is 27.3 Å². The maximum absolute atomic E-state index is 13.2. The molecule has 0 aromatic heterocycles. The normalized spacial score (nSPS) is 13.4. The van der Waals surface area contributed by atoms with E-state index in [1.807, 2.05) is 55.5 Å². The van der Waals surface area contributed by atoms with Crippen molar-refractivity contribution in [1.29, 1.82) is 0 Å². The van der Waals surface area contributed by atoms with Crippen LogP contribution >= 0.6 is 0 Å². The topological polar surface area (TPSA) is 75.7 Å². The molecule has 7 heteroatoms. The molecule has 0 bridgehead atoms. The molecule has 1 heterocycles. The van der Waals surface area contributed by atoms with Crippen LogP contribution in [-0.4, -0.2) is 27.5 Å². The van der Waals surface area contributed by atoms with Crippen molar-refractivity contribution in [1.82, 2.24) is 0 Å². The summed E-state index contributed by atoms with van der Waals surface area (Å²) in [6.45, 7) is 2.20. The number of aryl methyl sites for hydroxylation is 2. The molecule has 0 unspecified atom stereocenters. The maximum Gasteiger partial charge on any atom is 0.264 e. The molecule has 0 saturated carbocycles. The number of amides is 1. The summed E-state index contributed by atoms with van der Waals surface area (Å²) in [5.41, 5.74) is 3.47. The molecule has 0 atom stereocenters. The highest BCUT2D eigenvalue weighted by Gasteiger charge is 2.28. The predicted octanol–water partition coefficient (Wildman–Crippen LogP) is 4.15. The van der Waals surface area contributed by atoms with Crippen molar-refractivity contribution in [2.75, 3.05) is 22.8 Å². The van der Waals surface area contributed by atoms with Gasteiger partial charge in [-0.25, -0.2) is 8.42 Å². The van der Waals surface area contributed by atoms with E-state index in [0.29, 0.717) is 12.3 Å². The average Bonchev–Trinajstić information content (AvgIpc) is 2.79. The molecule has 6 nitrogen and oxygen atoms in total. The van der Waals surface area contributed by atoms with Crippen molar-refractivity contribution in [3.05, 3.63) is 83.9 Å². The van der Waals surface area contributed by atoms with Gasteiger partial charge in [0.05, 0.1) is 10.6 Å². The number of rotatable bonds is 6. The number of nitrogens with zero attached hydrogens (tertiary/aromatic N) is 1. The van der Waals surface area contributed by atoms with Crippen LogP contribution in [-0.2, 0) is 21.2 Å². The molecule has 3 aromatic rings. The molecule has 1 amide bonds. The maximum atomic E-state index is 13.2. The van der Waals surface area contributed by atoms with Crippen LogP contribution in [0.1, 0.15) is 17.5 Å². The minimum atomic E-state index is -3.67. The first kappa shape index (κ1) is 20.9. The summed E-state index contributed by atoms with van der Waals surface area (Å²) >= 11 is 0. The summed E-state index contributed by atoms with van der Waals surface area (Å²) in [6.07, 6.45) is 1.66. The number of benzene rings is 3. The van der Waals surface area contributed by atoms with Crippen LogP contribution in [0.4, 0.5) is 11.4 Å². The highest BCUT2D eigenvalue weighted by Crippen LogP contribution is 2.32. The number of ether oxygens (including phenoxy) is 1. The van der Waals surface area contributed by atoms with Gasteiger partial charge in [0, 0.05) is 12.2 Å². The van der Waals surface area contributed by atoms with Gasteiger partial charge in [-0.1, -0.05) is 36.4 Å². The van der Waals surface area contributed by atoms with Gasteiger partial charge < -0.3 is 10.1 Å². The zero-order valence-electron chi connectivity index (χ0n) is 17.2. The largest absolute Gasteiger partial charge is 0.484 e. The molecule has 31 heavy (non-hydrogen) atoms. The fourth-order valence-electron chi connectivity index (χ4n) is 3.63. The van der Waals surface area contributed by atoms with Gasteiger partial charge >= 0.3 is 0 Å². The lowest BCUT2D eigenvalue weighted by Gasteiger charge is -2.30. The number of carbonyl (C=O) groups excluding carboxylic acids is 1. The third kappa shape index (κ3) is 4.56. The van der Waals surface area contributed by atoms with Gasteiger partial charge in [-0.2, -0.15) is 0 Å². The highest BCUT2D eigenvalue weighted by atomic mass is 32.2. The minimum Gasteiger partial charge on any atom is -0.484 e. The predicted molar refractivity (Wildman–Crippen MR) is 121 cm³/mol. The molecule has 0 spiro atoms. The fraction of sp³-hybridized carbons (Fsp3) is 0.208. The molecule has 3 aromatic carbocycles. The van der Waals surface area contributed by atoms with Crippen LogP contribution in [0.3, 0.4) is 0 Å². The number of anilines is 2. The standard InChI is InChI=1S/C24H24N2O4S/c1-18-7-2-4-10-22(18)25-24(27)17-30-20-12-14-21(15-13-20)31(28,29)26-16-6-9-19-8-3-5-11-23(19)26/h2-5,7-8,10-15H,6,9,16-17H2,1H3,(H,25,27). The smallest absolute Gasteiger partial charge is 0.264 e. The van der Waals surface area contributed by atoms with Crippen molar-refractivity contribution in [2.24, 2.45) is 0 Å². The summed E-state index contributed by atoms with van der Waals surface area (Å²) in [5.74, 6) is 0.147. The van der Waals surface area contributed by atoms with Crippen LogP contribution in [0.15, 0.2) is 77.7 Å². The molecular weight excluding hydrogens is 412 g/mol. The molecule has 160 valence electrons. The van der Waals surface area contributed by atoms with Gasteiger partial charge in [-0.15, -0.1) is 0 Å². The quantitative estimate of drug-likeness (QED) is 0.630. The van der Waals surface area contributed by atoms with Crippen LogP contribution < -0.4 is 14.4 Å². The van der Waals surface area contributed by atoms with E-state index in [9.17, 15) is 13.2 Å². The van der Waals surface area contributed by atoms with E-state index in [2.05, 4.69) is 5.32 Å². The molecule has 0 aliphatic carbocycles. The number of fused-ring (bicyclic) bond motifs is 1. The Morgan fingerprint density at radius 2 is 1.71 bits per heavy atom. The van der Waals surface area contributed by atoms with E-state index in [4.69, 9.17) is 4.74 Å². The summed E-state index contributed by atoms with van der Waals surface area (Å²) in [7, 11) is -3.67. The molecular formula is C24H24N2O4S. The van der Waals surface area contributed by atoms with Crippen molar-refractivity contribution in [2.45, 2.75) is 24.7 Å². The average molecular weight is 437 g/mol. The molecule has 0 fully saturated rings. The van der Waals surface area contributed by atoms with Crippen molar-refractivity contribution in [3.63, 3.8) is 0 Å². The number of para-hydroxylation sites is 2. The Hall–Kier alpha value is -3.32. The zero-order valence-corrected chi connectivity index (χ0v) is 18.1. The fourth-order valence-corrected chi connectivity index (χ4v) is 5.17. The van der Waals surface area contributed by atoms with Crippen LogP contribution in [0.2, 0.25) is 0 Å². The Bertz CT molecular complexity index is 1190. The van der Waals surface area contributed by atoms with Crippen molar-refractivity contribution in [3.8, 4) is 5.75 Å².